The molecule has 2 aromatic carbocycles. The van der Waals surface area contributed by atoms with Gasteiger partial charge in [0.2, 0.25) is 5.91 Å². The number of fused-ring (bicyclic) bond motifs is 1. The van der Waals surface area contributed by atoms with Crippen molar-refractivity contribution in [2.24, 2.45) is 21.5 Å². The van der Waals surface area contributed by atoms with Crippen molar-refractivity contribution in [3.05, 3.63) is 65.2 Å². The van der Waals surface area contributed by atoms with Gasteiger partial charge in [-0.3, -0.25) is 14.7 Å². The summed E-state index contributed by atoms with van der Waals surface area (Å²) in [6.07, 6.45) is -2.98. The number of amides is 1. The smallest absolute Gasteiger partial charge is 0.406 e. The Morgan fingerprint density at radius 3 is 2.62 bits per heavy atom. The molecule has 4 rings (SSSR count). The molecule has 0 aliphatic carbocycles. The van der Waals surface area contributed by atoms with Gasteiger partial charge >= 0.3 is 6.36 Å². The maximum atomic E-state index is 12.6. The number of aryl methyl sites for hydroxylation is 1. The summed E-state index contributed by atoms with van der Waals surface area (Å²) in [6.45, 7) is 1.28. The molecule has 7 nitrogen and oxygen atoms in total. The van der Waals surface area contributed by atoms with Gasteiger partial charge in [0.25, 0.3) is 0 Å². The number of nitrogens with zero attached hydrogens (tertiary/aromatic N) is 3. The second-order valence-corrected chi connectivity index (χ2v) is 7.68. The molecule has 4 N–H and O–H groups in total. The molecule has 0 saturated carbocycles. The number of alkyl halides is 3. The molecule has 0 spiro atoms. The van der Waals surface area contributed by atoms with Gasteiger partial charge in [-0.2, -0.15) is 0 Å². The number of halogens is 3. The maximum Gasteiger partial charge on any atom is 0.573 e. The quantitative estimate of drug-likeness (QED) is 0.713. The number of benzene rings is 2. The zero-order valence-electron chi connectivity index (χ0n) is 17.1. The number of amidine groups is 1. The predicted octanol–water partition coefficient (Wildman–Crippen LogP) is 2.94. The number of ether oxygens (including phenoxy) is 1. The standard InChI is InChI=1S/C22H22F3N5O2/c23-22(24,25)32-17-7-5-16(6-8-17)21(19-28-11-2-12-30(19)20(27)29-21)10-9-14-3-1-4-15(13-14)18(26)31/h1,3-8,13H,2,9-12H2,(H2,26,31)(H2,27,29). The van der Waals surface area contributed by atoms with Crippen molar-refractivity contribution in [2.45, 2.75) is 31.2 Å². The van der Waals surface area contributed by atoms with Crippen LogP contribution in [0, 0.1) is 0 Å². The maximum absolute atomic E-state index is 12.6. The van der Waals surface area contributed by atoms with Gasteiger partial charge in [-0.25, -0.2) is 4.99 Å². The van der Waals surface area contributed by atoms with Crippen molar-refractivity contribution >= 4 is 17.7 Å². The summed E-state index contributed by atoms with van der Waals surface area (Å²) in [4.78, 5) is 22.8. The monoisotopic (exact) mass is 445 g/mol. The van der Waals surface area contributed by atoms with E-state index in [1.807, 2.05) is 11.0 Å². The van der Waals surface area contributed by atoms with Crippen LogP contribution in [0.2, 0.25) is 0 Å². The highest BCUT2D eigenvalue weighted by Gasteiger charge is 2.47. The zero-order chi connectivity index (χ0) is 22.9. The van der Waals surface area contributed by atoms with Crippen LogP contribution >= 0.6 is 0 Å². The first-order chi connectivity index (χ1) is 15.2. The van der Waals surface area contributed by atoms with Gasteiger partial charge in [0.1, 0.15) is 17.1 Å². The van der Waals surface area contributed by atoms with Crippen molar-refractivity contribution in [1.82, 2.24) is 4.90 Å². The molecule has 32 heavy (non-hydrogen) atoms. The average Bonchev–Trinajstić information content (AvgIpc) is 3.05. The molecule has 0 saturated heterocycles. The second kappa shape index (κ2) is 8.18. The normalized spacial score (nSPS) is 20.4. The van der Waals surface area contributed by atoms with Crippen LogP contribution in [-0.4, -0.2) is 42.1 Å². The van der Waals surface area contributed by atoms with E-state index in [2.05, 4.69) is 9.73 Å². The Balaban J connectivity index is 1.69. The largest absolute Gasteiger partial charge is 0.573 e. The van der Waals surface area contributed by atoms with Crippen LogP contribution in [0.25, 0.3) is 0 Å². The van der Waals surface area contributed by atoms with Gasteiger partial charge in [0, 0.05) is 18.7 Å². The lowest BCUT2D eigenvalue weighted by atomic mass is 9.83. The summed E-state index contributed by atoms with van der Waals surface area (Å²) < 4.78 is 41.7. The minimum absolute atomic E-state index is 0.317. The highest BCUT2D eigenvalue weighted by atomic mass is 19.4. The Morgan fingerprint density at radius 1 is 1.19 bits per heavy atom. The Labute approximate surface area is 182 Å². The number of nitrogens with two attached hydrogens (primary N) is 2. The van der Waals surface area contributed by atoms with Crippen molar-refractivity contribution in [3.8, 4) is 5.75 Å². The number of aliphatic imine (C=N–C) groups is 2. The van der Waals surface area contributed by atoms with Crippen LogP contribution in [0.3, 0.4) is 0 Å². The fourth-order valence-electron chi connectivity index (χ4n) is 4.13. The molecular weight excluding hydrogens is 423 g/mol. The summed E-state index contributed by atoms with van der Waals surface area (Å²) in [5, 5.41) is 0. The van der Waals surface area contributed by atoms with E-state index in [-0.39, 0.29) is 5.75 Å². The number of primary amides is 1. The third kappa shape index (κ3) is 4.25. The van der Waals surface area contributed by atoms with Gasteiger partial charge in [0.15, 0.2) is 5.96 Å². The topological polar surface area (TPSA) is 106 Å². The van der Waals surface area contributed by atoms with Crippen LogP contribution in [0.4, 0.5) is 13.2 Å². The SMILES string of the molecule is NC(=O)c1cccc(CCC2(c3ccc(OC(F)(F)F)cc3)N=C(N)N3CCCN=C32)c1. The molecule has 1 amide bonds. The molecule has 0 aromatic heterocycles. The summed E-state index contributed by atoms with van der Waals surface area (Å²) >= 11 is 0. The summed E-state index contributed by atoms with van der Waals surface area (Å²) in [5.74, 6) is 0.164. The van der Waals surface area contributed by atoms with Crippen molar-refractivity contribution < 1.29 is 22.7 Å². The minimum atomic E-state index is -4.77. The molecule has 2 heterocycles. The lowest BCUT2D eigenvalue weighted by molar-refractivity contribution is -0.274. The van der Waals surface area contributed by atoms with Crippen molar-refractivity contribution in [3.63, 3.8) is 0 Å². The van der Waals surface area contributed by atoms with Gasteiger partial charge < -0.3 is 16.2 Å². The van der Waals surface area contributed by atoms with Crippen LogP contribution < -0.4 is 16.2 Å². The third-order valence-electron chi connectivity index (χ3n) is 5.56. The summed E-state index contributed by atoms with van der Waals surface area (Å²) in [6, 6.07) is 12.6. The Bertz CT molecular complexity index is 1080. The van der Waals surface area contributed by atoms with Gasteiger partial charge in [-0.1, -0.05) is 24.3 Å². The highest BCUT2D eigenvalue weighted by molar-refractivity contribution is 6.10. The first-order valence-electron chi connectivity index (χ1n) is 10.1. The molecule has 1 unspecified atom stereocenters. The molecule has 0 bridgehead atoms. The Morgan fingerprint density at radius 2 is 1.94 bits per heavy atom. The van der Waals surface area contributed by atoms with E-state index in [1.54, 1.807) is 30.3 Å². The third-order valence-corrected chi connectivity index (χ3v) is 5.56. The fourth-order valence-corrected chi connectivity index (χ4v) is 4.13. The van der Waals surface area contributed by atoms with E-state index in [9.17, 15) is 18.0 Å². The number of carbonyl (C=O) groups excluding carboxylic acids is 1. The average molecular weight is 445 g/mol. The van der Waals surface area contributed by atoms with E-state index >= 15 is 0 Å². The summed E-state index contributed by atoms with van der Waals surface area (Å²) in [5.41, 5.74) is 12.6. The van der Waals surface area contributed by atoms with E-state index in [1.165, 1.54) is 12.1 Å². The minimum Gasteiger partial charge on any atom is -0.406 e. The van der Waals surface area contributed by atoms with Gasteiger partial charge in [-0.05, 0) is 54.7 Å². The van der Waals surface area contributed by atoms with Gasteiger partial charge in [-0.15, -0.1) is 13.2 Å². The molecule has 10 heteroatoms. The lowest BCUT2D eigenvalue weighted by Crippen LogP contribution is -2.46. The number of carbonyl (C=O) groups is 1. The lowest BCUT2D eigenvalue weighted by Gasteiger charge is -2.32. The molecule has 0 radical (unpaired) electrons. The first-order valence-corrected chi connectivity index (χ1v) is 10.1. The van der Waals surface area contributed by atoms with E-state index < -0.39 is 17.8 Å². The molecule has 2 aliphatic heterocycles. The van der Waals surface area contributed by atoms with Crippen molar-refractivity contribution in [2.75, 3.05) is 13.1 Å². The molecule has 1 atom stereocenters. The first kappa shape index (κ1) is 21.7. The number of rotatable bonds is 6. The number of guanidine groups is 1. The molecule has 168 valence electrons. The van der Waals surface area contributed by atoms with Crippen LogP contribution in [0.5, 0.6) is 5.75 Å². The number of hydrogen-bond acceptors (Lipinski definition) is 6. The molecular formula is C22H22F3N5O2. The molecule has 0 fully saturated rings. The van der Waals surface area contributed by atoms with Crippen molar-refractivity contribution in [1.29, 1.82) is 0 Å². The van der Waals surface area contributed by atoms with Crippen LogP contribution in [-0.2, 0) is 12.0 Å². The second-order valence-electron chi connectivity index (χ2n) is 7.68. The van der Waals surface area contributed by atoms with Gasteiger partial charge in [0.05, 0.1) is 0 Å². The Hall–Kier alpha value is -3.56. The Kier molecular flexibility index (Phi) is 5.53. The predicted molar refractivity (Wildman–Crippen MR) is 113 cm³/mol. The van der Waals surface area contributed by atoms with Crippen LogP contribution in [0.1, 0.15) is 34.3 Å². The molecule has 2 aliphatic rings. The van der Waals surface area contributed by atoms with Crippen LogP contribution in [0.15, 0.2) is 58.5 Å². The zero-order valence-corrected chi connectivity index (χ0v) is 17.1. The highest BCUT2D eigenvalue weighted by Crippen LogP contribution is 2.40. The fraction of sp³-hybridized carbons (Fsp3) is 0.318. The molecule has 2 aromatic rings. The van der Waals surface area contributed by atoms with E-state index in [4.69, 9.17) is 16.5 Å². The summed E-state index contributed by atoms with van der Waals surface area (Å²) in [7, 11) is 0. The van der Waals surface area contributed by atoms with E-state index in [0.29, 0.717) is 48.9 Å². The van der Waals surface area contributed by atoms with E-state index in [0.717, 1.165) is 12.0 Å². The number of hydrogen-bond donors (Lipinski definition) is 2.